The first-order valence-electron chi connectivity index (χ1n) is 8.66. The van der Waals surface area contributed by atoms with E-state index >= 15 is 0 Å². The van der Waals surface area contributed by atoms with Crippen LogP contribution in [0, 0.1) is 11.3 Å². The number of aromatic amines is 1. The van der Waals surface area contributed by atoms with Crippen LogP contribution in [-0.4, -0.2) is 15.5 Å². The molecule has 0 aliphatic heterocycles. The van der Waals surface area contributed by atoms with Crippen LogP contribution in [0.4, 0.5) is 0 Å². The van der Waals surface area contributed by atoms with Gasteiger partial charge in [0.25, 0.3) is 5.56 Å². The standard InChI is InChI=1S/C20H18N4O2/c21-9-14-10-23-20(26)17-16(12-5-7-13(8-6-12)19(22)25)11-24(18(14)17)15-3-1-2-4-15/h5-8,10-11,15H,1-4H2,(H2,22,25)(H,23,26). The van der Waals surface area contributed by atoms with Gasteiger partial charge in [-0.2, -0.15) is 5.26 Å². The van der Waals surface area contributed by atoms with E-state index in [-0.39, 0.29) is 5.56 Å². The molecule has 2 aromatic heterocycles. The highest BCUT2D eigenvalue weighted by Gasteiger charge is 2.24. The van der Waals surface area contributed by atoms with E-state index in [0.717, 1.165) is 36.8 Å². The molecular formula is C20H18N4O2. The highest BCUT2D eigenvalue weighted by atomic mass is 16.1. The van der Waals surface area contributed by atoms with Crippen molar-refractivity contribution in [2.24, 2.45) is 5.73 Å². The summed E-state index contributed by atoms with van der Waals surface area (Å²) in [5, 5.41) is 10.1. The van der Waals surface area contributed by atoms with E-state index in [2.05, 4.69) is 15.6 Å². The molecule has 0 spiro atoms. The number of carbonyl (C=O) groups excluding carboxylic acids is 1. The van der Waals surface area contributed by atoms with Crippen molar-refractivity contribution in [1.29, 1.82) is 5.26 Å². The lowest BCUT2D eigenvalue weighted by Crippen LogP contribution is -2.10. The molecule has 130 valence electrons. The van der Waals surface area contributed by atoms with Gasteiger partial charge in [0.05, 0.1) is 16.5 Å². The topological polar surface area (TPSA) is 105 Å². The van der Waals surface area contributed by atoms with Gasteiger partial charge >= 0.3 is 0 Å². The summed E-state index contributed by atoms with van der Waals surface area (Å²) < 4.78 is 2.09. The number of nitriles is 1. The Hall–Kier alpha value is -3.33. The van der Waals surface area contributed by atoms with Gasteiger partial charge in [0.1, 0.15) is 6.07 Å². The van der Waals surface area contributed by atoms with E-state index in [0.29, 0.717) is 28.1 Å². The highest BCUT2D eigenvalue weighted by Crippen LogP contribution is 2.37. The largest absolute Gasteiger partial charge is 0.366 e. The lowest BCUT2D eigenvalue weighted by atomic mass is 10.0. The van der Waals surface area contributed by atoms with Crippen LogP contribution in [0.15, 0.2) is 41.5 Å². The number of hydrogen-bond acceptors (Lipinski definition) is 3. The summed E-state index contributed by atoms with van der Waals surface area (Å²) in [6.45, 7) is 0. The molecule has 26 heavy (non-hydrogen) atoms. The molecule has 1 saturated carbocycles. The molecule has 1 fully saturated rings. The third-order valence-electron chi connectivity index (χ3n) is 5.18. The zero-order valence-corrected chi connectivity index (χ0v) is 14.2. The monoisotopic (exact) mass is 346 g/mol. The summed E-state index contributed by atoms with van der Waals surface area (Å²) in [5.41, 5.74) is 8.24. The fourth-order valence-corrected chi connectivity index (χ4v) is 3.90. The molecule has 1 aromatic carbocycles. The lowest BCUT2D eigenvalue weighted by Gasteiger charge is -2.13. The molecule has 6 heteroatoms. The number of amides is 1. The first-order valence-corrected chi connectivity index (χ1v) is 8.66. The van der Waals surface area contributed by atoms with Gasteiger partial charge in [0, 0.05) is 29.6 Å². The van der Waals surface area contributed by atoms with Crippen molar-refractivity contribution in [3.05, 3.63) is 58.1 Å². The van der Waals surface area contributed by atoms with Crippen LogP contribution in [0.2, 0.25) is 0 Å². The normalized spacial score (nSPS) is 14.6. The van der Waals surface area contributed by atoms with Gasteiger partial charge in [-0.15, -0.1) is 0 Å². The number of aromatic nitrogens is 2. The fraction of sp³-hybridized carbons (Fsp3) is 0.250. The van der Waals surface area contributed by atoms with Crippen molar-refractivity contribution in [1.82, 2.24) is 9.55 Å². The van der Waals surface area contributed by atoms with Gasteiger partial charge in [-0.05, 0) is 30.5 Å². The van der Waals surface area contributed by atoms with Crippen molar-refractivity contribution in [2.45, 2.75) is 31.7 Å². The Morgan fingerprint density at radius 1 is 1.23 bits per heavy atom. The van der Waals surface area contributed by atoms with Gasteiger partial charge in [0.2, 0.25) is 5.91 Å². The van der Waals surface area contributed by atoms with E-state index < -0.39 is 5.91 Å². The number of nitrogens with one attached hydrogen (secondary N) is 1. The van der Waals surface area contributed by atoms with Gasteiger partial charge in [0.15, 0.2) is 0 Å². The van der Waals surface area contributed by atoms with Crippen LogP contribution in [-0.2, 0) is 0 Å². The molecule has 0 atom stereocenters. The van der Waals surface area contributed by atoms with E-state index in [4.69, 9.17) is 5.73 Å². The Kier molecular flexibility index (Phi) is 3.85. The Balaban J connectivity index is 1.99. The highest BCUT2D eigenvalue weighted by molar-refractivity contribution is 5.99. The average Bonchev–Trinajstić information content (AvgIpc) is 3.30. The summed E-state index contributed by atoms with van der Waals surface area (Å²) in [6.07, 6.45) is 7.84. The number of benzene rings is 1. The minimum absolute atomic E-state index is 0.218. The Bertz CT molecular complexity index is 1090. The molecule has 3 N–H and O–H groups in total. The predicted octanol–water partition coefficient (Wildman–Crippen LogP) is 3.08. The third-order valence-corrected chi connectivity index (χ3v) is 5.18. The molecule has 3 aromatic rings. The molecule has 6 nitrogen and oxygen atoms in total. The van der Waals surface area contributed by atoms with E-state index in [1.807, 2.05) is 6.20 Å². The number of pyridine rings is 1. The number of carbonyl (C=O) groups is 1. The molecule has 1 aliphatic rings. The maximum Gasteiger partial charge on any atom is 0.258 e. The first-order chi connectivity index (χ1) is 12.6. The zero-order chi connectivity index (χ0) is 18.3. The Morgan fingerprint density at radius 2 is 1.92 bits per heavy atom. The summed E-state index contributed by atoms with van der Waals surface area (Å²) in [6, 6.07) is 9.37. The van der Waals surface area contributed by atoms with Gasteiger partial charge < -0.3 is 15.3 Å². The number of rotatable bonds is 3. The lowest BCUT2D eigenvalue weighted by molar-refractivity contribution is 0.100. The van der Waals surface area contributed by atoms with Gasteiger partial charge in [-0.25, -0.2) is 0 Å². The fourth-order valence-electron chi connectivity index (χ4n) is 3.90. The first kappa shape index (κ1) is 16.2. The molecular weight excluding hydrogens is 328 g/mol. The maximum atomic E-state index is 12.6. The maximum absolute atomic E-state index is 12.6. The molecule has 0 unspecified atom stereocenters. The molecule has 2 heterocycles. The molecule has 0 radical (unpaired) electrons. The van der Waals surface area contributed by atoms with Crippen LogP contribution in [0.5, 0.6) is 0 Å². The number of primary amides is 1. The molecule has 1 aliphatic carbocycles. The molecule has 1 amide bonds. The van der Waals surface area contributed by atoms with E-state index in [1.54, 1.807) is 24.3 Å². The van der Waals surface area contributed by atoms with Gasteiger partial charge in [-0.1, -0.05) is 25.0 Å². The summed E-state index contributed by atoms with van der Waals surface area (Å²) in [5.74, 6) is -0.491. The second-order valence-electron chi connectivity index (χ2n) is 6.70. The number of H-pyrrole nitrogens is 1. The minimum atomic E-state index is -0.491. The number of hydrogen-bond donors (Lipinski definition) is 2. The number of nitrogens with zero attached hydrogens (tertiary/aromatic N) is 2. The number of fused-ring (bicyclic) bond motifs is 1. The predicted molar refractivity (Wildman–Crippen MR) is 98.7 cm³/mol. The smallest absolute Gasteiger partial charge is 0.258 e. The van der Waals surface area contributed by atoms with Crippen LogP contribution in [0.1, 0.15) is 47.6 Å². The Labute approximate surface area is 149 Å². The Morgan fingerprint density at radius 3 is 2.54 bits per heavy atom. The van der Waals surface area contributed by atoms with Crippen LogP contribution >= 0.6 is 0 Å². The summed E-state index contributed by atoms with van der Waals surface area (Å²) in [4.78, 5) is 26.6. The van der Waals surface area contributed by atoms with Crippen molar-refractivity contribution < 1.29 is 4.79 Å². The number of nitrogens with two attached hydrogens (primary N) is 1. The van der Waals surface area contributed by atoms with Crippen molar-refractivity contribution in [2.75, 3.05) is 0 Å². The molecule has 4 rings (SSSR count). The molecule has 0 bridgehead atoms. The van der Waals surface area contributed by atoms with Crippen molar-refractivity contribution in [3.8, 4) is 17.2 Å². The second kappa shape index (κ2) is 6.19. The van der Waals surface area contributed by atoms with Crippen LogP contribution in [0.25, 0.3) is 22.0 Å². The SMILES string of the molecule is N#Cc1c[nH]c(=O)c2c(-c3ccc(C(N)=O)cc3)cn(C3CCCC3)c12. The quantitative estimate of drug-likeness (QED) is 0.761. The van der Waals surface area contributed by atoms with E-state index in [1.165, 1.54) is 6.20 Å². The van der Waals surface area contributed by atoms with Crippen LogP contribution in [0.3, 0.4) is 0 Å². The summed E-state index contributed by atoms with van der Waals surface area (Å²) in [7, 11) is 0. The van der Waals surface area contributed by atoms with Crippen LogP contribution < -0.4 is 11.3 Å². The zero-order valence-electron chi connectivity index (χ0n) is 14.2. The van der Waals surface area contributed by atoms with E-state index in [9.17, 15) is 14.9 Å². The van der Waals surface area contributed by atoms with Crippen molar-refractivity contribution >= 4 is 16.8 Å². The van der Waals surface area contributed by atoms with Gasteiger partial charge in [-0.3, -0.25) is 9.59 Å². The molecule has 0 saturated heterocycles. The average molecular weight is 346 g/mol. The second-order valence-corrected chi connectivity index (χ2v) is 6.70. The summed E-state index contributed by atoms with van der Waals surface area (Å²) >= 11 is 0. The minimum Gasteiger partial charge on any atom is -0.366 e. The third kappa shape index (κ3) is 2.49. The van der Waals surface area contributed by atoms with Crippen molar-refractivity contribution in [3.63, 3.8) is 0 Å².